The van der Waals surface area contributed by atoms with Gasteiger partial charge in [0, 0.05) is 19.1 Å². The van der Waals surface area contributed by atoms with Crippen molar-refractivity contribution in [3.05, 3.63) is 35.9 Å². The van der Waals surface area contributed by atoms with Crippen molar-refractivity contribution in [3.8, 4) is 0 Å². The van der Waals surface area contributed by atoms with Crippen LogP contribution in [0.25, 0.3) is 0 Å². The Bertz CT molecular complexity index is 413. The fourth-order valence-electron chi connectivity index (χ4n) is 3.28. The molecule has 2 nitrogen and oxygen atoms in total. The summed E-state index contributed by atoms with van der Waals surface area (Å²) in [7, 11) is 0. The van der Waals surface area contributed by atoms with E-state index in [1.165, 1.54) is 25.1 Å². The molecular weight excluding hydrogens is 244 g/mol. The fraction of sp³-hybridized carbons (Fsp3) is 0.667. The monoisotopic (exact) mass is 274 g/mol. The highest BCUT2D eigenvalue weighted by Gasteiger charge is 2.32. The molecule has 3 atom stereocenters. The van der Waals surface area contributed by atoms with Crippen LogP contribution in [0.5, 0.6) is 0 Å². The van der Waals surface area contributed by atoms with Crippen molar-refractivity contribution in [2.75, 3.05) is 19.6 Å². The maximum atomic E-state index is 6.53. The van der Waals surface area contributed by atoms with Crippen LogP contribution in [0.1, 0.15) is 45.7 Å². The van der Waals surface area contributed by atoms with Gasteiger partial charge in [-0.2, -0.15) is 0 Å². The Morgan fingerprint density at radius 1 is 1.20 bits per heavy atom. The van der Waals surface area contributed by atoms with Crippen molar-refractivity contribution < 1.29 is 0 Å². The van der Waals surface area contributed by atoms with Gasteiger partial charge in [0.1, 0.15) is 0 Å². The third kappa shape index (κ3) is 3.62. The van der Waals surface area contributed by atoms with Crippen LogP contribution in [0, 0.1) is 17.3 Å². The van der Waals surface area contributed by atoms with Gasteiger partial charge in [-0.05, 0) is 35.8 Å². The first kappa shape index (κ1) is 15.5. The average Bonchev–Trinajstić information content (AvgIpc) is 2.43. The minimum absolute atomic E-state index is 0.0957. The lowest BCUT2D eigenvalue weighted by Gasteiger charge is -2.42. The second-order valence-electron chi connectivity index (χ2n) is 7.36. The quantitative estimate of drug-likeness (QED) is 0.907. The fourth-order valence-corrected chi connectivity index (χ4v) is 3.28. The van der Waals surface area contributed by atoms with E-state index in [0.717, 1.165) is 18.4 Å². The summed E-state index contributed by atoms with van der Waals surface area (Å²) in [5.74, 6) is 1.66. The van der Waals surface area contributed by atoms with Gasteiger partial charge in [0.25, 0.3) is 0 Å². The molecule has 2 N–H and O–H groups in total. The molecule has 0 aromatic heterocycles. The molecule has 0 aliphatic carbocycles. The molecule has 0 radical (unpaired) electrons. The van der Waals surface area contributed by atoms with Crippen molar-refractivity contribution in [1.29, 1.82) is 0 Å². The van der Waals surface area contributed by atoms with Crippen molar-refractivity contribution in [2.24, 2.45) is 23.0 Å². The van der Waals surface area contributed by atoms with Crippen LogP contribution in [0.15, 0.2) is 30.3 Å². The predicted molar refractivity (Wildman–Crippen MR) is 86.5 cm³/mol. The van der Waals surface area contributed by atoms with Gasteiger partial charge in [-0.3, -0.25) is 0 Å². The van der Waals surface area contributed by atoms with Crippen LogP contribution >= 0.6 is 0 Å². The van der Waals surface area contributed by atoms with Crippen LogP contribution in [-0.2, 0) is 0 Å². The average molecular weight is 274 g/mol. The highest BCUT2D eigenvalue weighted by atomic mass is 15.1. The van der Waals surface area contributed by atoms with Gasteiger partial charge >= 0.3 is 0 Å². The third-order valence-electron chi connectivity index (χ3n) is 5.05. The molecule has 0 amide bonds. The van der Waals surface area contributed by atoms with E-state index in [9.17, 15) is 0 Å². The number of piperidine rings is 1. The maximum Gasteiger partial charge on any atom is 0.0359 e. The minimum Gasteiger partial charge on any atom is -0.323 e. The zero-order valence-corrected chi connectivity index (χ0v) is 13.5. The number of hydrogen-bond acceptors (Lipinski definition) is 2. The lowest BCUT2D eigenvalue weighted by atomic mass is 9.79. The van der Waals surface area contributed by atoms with Gasteiger partial charge in [-0.25, -0.2) is 0 Å². The highest BCUT2D eigenvalue weighted by Crippen LogP contribution is 2.34. The lowest BCUT2D eigenvalue weighted by molar-refractivity contribution is 0.0852. The van der Waals surface area contributed by atoms with E-state index >= 15 is 0 Å². The minimum atomic E-state index is 0.0957. The predicted octanol–water partition coefficient (Wildman–Crippen LogP) is 3.69. The second kappa shape index (κ2) is 6.28. The molecule has 3 unspecified atom stereocenters. The van der Waals surface area contributed by atoms with E-state index < -0.39 is 0 Å². The summed E-state index contributed by atoms with van der Waals surface area (Å²) >= 11 is 0. The standard InChI is InChI=1S/C18H30N2/c1-14-10-11-20(12-15(14)2)13-18(3,4)17(19)16-8-6-5-7-9-16/h5-9,14-15,17H,10-13,19H2,1-4H3. The molecule has 20 heavy (non-hydrogen) atoms. The van der Waals surface area contributed by atoms with E-state index in [4.69, 9.17) is 5.73 Å². The van der Waals surface area contributed by atoms with Crippen LogP contribution in [0.4, 0.5) is 0 Å². The third-order valence-corrected chi connectivity index (χ3v) is 5.05. The summed E-state index contributed by atoms with van der Waals surface area (Å²) in [6, 6.07) is 10.6. The molecule has 2 heteroatoms. The molecule has 1 heterocycles. The second-order valence-corrected chi connectivity index (χ2v) is 7.36. The molecule has 1 fully saturated rings. The van der Waals surface area contributed by atoms with E-state index in [0.29, 0.717) is 0 Å². The number of hydrogen-bond donors (Lipinski definition) is 1. The zero-order valence-electron chi connectivity index (χ0n) is 13.5. The molecule has 1 aromatic carbocycles. The molecule has 1 aromatic rings. The summed E-state index contributed by atoms with van der Waals surface area (Å²) in [5.41, 5.74) is 7.87. The van der Waals surface area contributed by atoms with Gasteiger partial charge in [0.15, 0.2) is 0 Å². The van der Waals surface area contributed by atoms with Gasteiger partial charge in [0.05, 0.1) is 0 Å². The van der Waals surface area contributed by atoms with Gasteiger partial charge < -0.3 is 10.6 Å². The van der Waals surface area contributed by atoms with Gasteiger partial charge in [0.2, 0.25) is 0 Å². The van der Waals surface area contributed by atoms with Crippen molar-refractivity contribution in [2.45, 2.75) is 40.2 Å². The first-order valence-electron chi connectivity index (χ1n) is 7.93. The van der Waals surface area contributed by atoms with Crippen LogP contribution in [-0.4, -0.2) is 24.5 Å². The molecule has 0 spiro atoms. The summed E-state index contributed by atoms with van der Waals surface area (Å²) < 4.78 is 0. The van der Waals surface area contributed by atoms with E-state index in [1.54, 1.807) is 0 Å². The molecule has 1 aliphatic heterocycles. The molecule has 2 rings (SSSR count). The smallest absolute Gasteiger partial charge is 0.0359 e. The number of nitrogens with two attached hydrogens (primary N) is 1. The molecule has 1 aliphatic rings. The molecule has 1 saturated heterocycles. The van der Waals surface area contributed by atoms with Crippen molar-refractivity contribution in [1.82, 2.24) is 4.90 Å². The van der Waals surface area contributed by atoms with E-state index in [2.05, 4.69) is 62.9 Å². The number of benzene rings is 1. The first-order chi connectivity index (χ1) is 9.40. The Hall–Kier alpha value is -0.860. The van der Waals surface area contributed by atoms with E-state index in [-0.39, 0.29) is 11.5 Å². The number of rotatable bonds is 4. The summed E-state index contributed by atoms with van der Waals surface area (Å²) in [5, 5.41) is 0. The molecule has 0 saturated carbocycles. The SMILES string of the molecule is CC1CCN(CC(C)(C)C(N)c2ccccc2)CC1C. The van der Waals surface area contributed by atoms with Gasteiger partial charge in [-0.1, -0.05) is 58.0 Å². The zero-order chi connectivity index (χ0) is 14.8. The number of likely N-dealkylation sites (tertiary alicyclic amines) is 1. The Balaban J connectivity index is 2.00. The largest absolute Gasteiger partial charge is 0.323 e. The maximum absolute atomic E-state index is 6.53. The molecular formula is C18H30N2. The topological polar surface area (TPSA) is 29.3 Å². The Labute approximate surface area is 124 Å². The Kier molecular flexibility index (Phi) is 4.87. The van der Waals surface area contributed by atoms with Crippen molar-refractivity contribution >= 4 is 0 Å². The van der Waals surface area contributed by atoms with Crippen molar-refractivity contribution in [3.63, 3.8) is 0 Å². The lowest BCUT2D eigenvalue weighted by Crippen LogP contribution is -2.46. The summed E-state index contributed by atoms with van der Waals surface area (Å²) in [6.07, 6.45) is 1.32. The Morgan fingerprint density at radius 2 is 1.85 bits per heavy atom. The summed E-state index contributed by atoms with van der Waals surface area (Å²) in [6.45, 7) is 12.9. The van der Waals surface area contributed by atoms with Gasteiger partial charge in [-0.15, -0.1) is 0 Å². The normalized spacial score (nSPS) is 26.4. The van der Waals surface area contributed by atoms with E-state index in [1.807, 2.05) is 0 Å². The van der Waals surface area contributed by atoms with Crippen LogP contribution in [0.3, 0.4) is 0 Å². The first-order valence-corrected chi connectivity index (χ1v) is 7.93. The van der Waals surface area contributed by atoms with Crippen LogP contribution < -0.4 is 5.73 Å². The number of nitrogens with zero attached hydrogens (tertiary/aromatic N) is 1. The molecule has 112 valence electrons. The Morgan fingerprint density at radius 3 is 2.45 bits per heavy atom. The summed E-state index contributed by atoms with van der Waals surface area (Å²) in [4.78, 5) is 2.60. The van der Waals surface area contributed by atoms with Crippen LogP contribution in [0.2, 0.25) is 0 Å². The highest BCUT2D eigenvalue weighted by molar-refractivity contribution is 5.20. The molecule has 0 bridgehead atoms.